The van der Waals surface area contributed by atoms with Crippen molar-refractivity contribution >= 4 is 22.6 Å². The van der Waals surface area contributed by atoms with Crippen molar-refractivity contribution in [2.24, 2.45) is 0 Å². The molecule has 0 aliphatic carbocycles. The predicted octanol–water partition coefficient (Wildman–Crippen LogP) is 4.42. The van der Waals surface area contributed by atoms with Crippen molar-refractivity contribution in [2.75, 3.05) is 25.5 Å². The number of aryl methyl sites for hydroxylation is 2. The van der Waals surface area contributed by atoms with Crippen molar-refractivity contribution < 1.29 is 9.53 Å². The van der Waals surface area contributed by atoms with Gasteiger partial charge in [0.15, 0.2) is 0 Å². The summed E-state index contributed by atoms with van der Waals surface area (Å²) in [6.07, 6.45) is 2.42. The number of amides is 1. The number of carbonyl (C=O) groups is 1. The second-order valence-electron chi connectivity index (χ2n) is 7.80. The van der Waals surface area contributed by atoms with Gasteiger partial charge in [-0.3, -0.25) is 4.79 Å². The average molecular weight is 405 g/mol. The van der Waals surface area contributed by atoms with E-state index in [4.69, 9.17) is 4.74 Å². The predicted molar refractivity (Wildman–Crippen MR) is 119 cm³/mol. The molecule has 0 bridgehead atoms. The lowest BCUT2D eigenvalue weighted by atomic mass is 9.96. The van der Waals surface area contributed by atoms with Crippen LogP contribution < -0.4 is 10.1 Å². The molecular formula is C24H28N4O2. The first-order valence-electron chi connectivity index (χ1n) is 10.5. The molecule has 2 heterocycles. The number of nitrogens with zero attached hydrogens (tertiary/aromatic N) is 3. The van der Waals surface area contributed by atoms with Gasteiger partial charge in [0.25, 0.3) is 0 Å². The highest BCUT2D eigenvalue weighted by Crippen LogP contribution is 2.38. The van der Waals surface area contributed by atoms with Crippen LogP contribution in [0.15, 0.2) is 42.5 Å². The topological polar surface area (TPSA) is 67.3 Å². The first-order chi connectivity index (χ1) is 14.6. The summed E-state index contributed by atoms with van der Waals surface area (Å²) < 4.78 is 5.53. The van der Waals surface area contributed by atoms with Gasteiger partial charge in [0.2, 0.25) is 11.9 Å². The molecule has 1 aliphatic heterocycles. The number of benzene rings is 2. The summed E-state index contributed by atoms with van der Waals surface area (Å²) in [7, 11) is 1.69. The van der Waals surface area contributed by atoms with E-state index in [9.17, 15) is 4.79 Å². The molecule has 0 spiro atoms. The molecule has 4 rings (SSSR count). The fourth-order valence-corrected chi connectivity index (χ4v) is 4.38. The normalized spacial score (nSPS) is 16.1. The quantitative estimate of drug-likeness (QED) is 0.659. The fraction of sp³-hybridized carbons (Fsp3) is 0.375. The van der Waals surface area contributed by atoms with E-state index in [-0.39, 0.29) is 11.9 Å². The third-order valence-electron chi connectivity index (χ3n) is 5.67. The van der Waals surface area contributed by atoms with E-state index >= 15 is 0 Å². The molecule has 6 heteroatoms. The first kappa shape index (κ1) is 20.1. The maximum Gasteiger partial charge on any atom is 0.224 e. The summed E-state index contributed by atoms with van der Waals surface area (Å²) in [5.41, 5.74) is 3.03. The molecule has 30 heavy (non-hydrogen) atoms. The van der Waals surface area contributed by atoms with Gasteiger partial charge in [-0.25, -0.2) is 9.97 Å². The average Bonchev–Trinajstić information content (AvgIpc) is 3.22. The van der Waals surface area contributed by atoms with Crippen LogP contribution in [0.2, 0.25) is 0 Å². The van der Waals surface area contributed by atoms with E-state index in [2.05, 4.69) is 33.5 Å². The number of hydrogen-bond acceptors (Lipinski definition) is 5. The van der Waals surface area contributed by atoms with Gasteiger partial charge in [0.1, 0.15) is 5.75 Å². The molecule has 1 saturated heterocycles. The smallest absolute Gasteiger partial charge is 0.224 e. The minimum Gasteiger partial charge on any atom is -0.496 e. The Morgan fingerprint density at radius 3 is 2.60 bits per heavy atom. The van der Waals surface area contributed by atoms with E-state index in [0.29, 0.717) is 18.9 Å². The van der Waals surface area contributed by atoms with E-state index in [1.54, 1.807) is 7.11 Å². The Morgan fingerprint density at radius 1 is 1.13 bits per heavy atom. The number of aromatic nitrogens is 2. The highest BCUT2D eigenvalue weighted by molar-refractivity contribution is 5.92. The third-order valence-corrected chi connectivity index (χ3v) is 5.67. The van der Waals surface area contributed by atoms with Crippen LogP contribution >= 0.6 is 0 Å². The Balaban J connectivity index is 1.48. The Hall–Kier alpha value is -3.15. The molecule has 1 aliphatic rings. The molecule has 0 radical (unpaired) electrons. The number of hydrogen-bond donors (Lipinski definition) is 1. The second-order valence-corrected chi connectivity index (χ2v) is 7.80. The van der Waals surface area contributed by atoms with E-state index in [1.807, 2.05) is 43.0 Å². The van der Waals surface area contributed by atoms with Crippen LogP contribution in [0.4, 0.5) is 5.95 Å². The zero-order valence-corrected chi connectivity index (χ0v) is 17.8. The first-order valence-corrected chi connectivity index (χ1v) is 10.5. The van der Waals surface area contributed by atoms with Crippen molar-refractivity contribution in [1.82, 2.24) is 14.9 Å². The van der Waals surface area contributed by atoms with Gasteiger partial charge < -0.3 is 15.0 Å². The Kier molecular flexibility index (Phi) is 5.84. The standard InChI is InChI=1S/C24H28N4O2/c1-16-15-17(2)27-24(26-16)25-13-12-23(29)28-14-6-9-21(28)19-10-11-22(30-3)20-8-5-4-7-18(19)20/h4-5,7-8,10-11,15,21H,6,9,12-14H2,1-3H3,(H,25,26,27)/t21-/m0/s1. The van der Waals surface area contributed by atoms with Crippen molar-refractivity contribution in [3.8, 4) is 5.75 Å². The Morgan fingerprint density at radius 2 is 1.87 bits per heavy atom. The Bertz CT molecular complexity index is 1050. The molecule has 0 saturated carbocycles. The van der Waals surface area contributed by atoms with Crippen LogP contribution in [0.1, 0.15) is 42.3 Å². The number of likely N-dealkylation sites (tertiary alicyclic amines) is 1. The number of fused-ring (bicyclic) bond motifs is 1. The number of nitrogens with one attached hydrogen (secondary N) is 1. The monoisotopic (exact) mass is 404 g/mol. The molecule has 1 atom stereocenters. The zero-order valence-electron chi connectivity index (χ0n) is 17.8. The van der Waals surface area contributed by atoms with Gasteiger partial charge in [0, 0.05) is 36.3 Å². The fourth-order valence-electron chi connectivity index (χ4n) is 4.38. The van der Waals surface area contributed by atoms with Crippen molar-refractivity contribution in [3.63, 3.8) is 0 Å². The summed E-state index contributed by atoms with van der Waals surface area (Å²) in [5.74, 6) is 1.61. The van der Waals surface area contributed by atoms with Gasteiger partial charge in [-0.15, -0.1) is 0 Å². The summed E-state index contributed by atoms with van der Waals surface area (Å²) in [5, 5.41) is 5.44. The van der Waals surface area contributed by atoms with Gasteiger partial charge in [0.05, 0.1) is 13.2 Å². The maximum atomic E-state index is 13.0. The molecule has 1 N–H and O–H groups in total. The lowest BCUT2D eigenvalue weighted by Gasteiger charge is -2.26. The number of carbonyl (C=O) groups excluding carboxylic acids is 1. The van der Waals surface area contributed by atoms with Crippen LogP contribution in [0.5, 0.6) is 5.75 Å². The van der Waals surface area contributed by atoms with Crippen LogP contribution in [-0.4, -0.2) is 41.0 Å². The number of rotatable bonds is 6. The molecule has 1 fully saturated rings. The van der Waals surface area contributed by atoms with Gasteiger partial charge in [-0.1, -0.05) is 30.3 Å². The summed E-state index contributed by atoms with van der Waals surface area (Å²) in [4.78, 5) is 23.8. The molecular weight excluding hydrogens is 376 g/mol. The second kappa shape index (κ2) is 8.69. The van der Waals surface area contributed by atoms with Crippen LogP contribution in [-0.2, 0) is 4.79 Å². The van der Waals surface area contributed by atoms with Crippen LogP contribution in [0.25, 0.3) is 10.8 Å². The van der Waals surface area contributed by atoms with Crippen LogP contribution in [0.3, 0.4) is 0 Å². The third kappa shape index (κ3) is 4.08. The minimum absolute atomic E-state index is 0.103. The van der Waals surface area contributed by atoms with Crippen molar-refractivity contribution in [2.45, 2.75) is 39.2 Å². The van der Waals surface area contributed by atoms with Crippen molar-refractivity contribution in [1.29, 1.82) is 0 Å². The molecule has 3 aromatic rings. The lowest BCUT2D eigenvalue weighted by molar-refractivity contribution is -0.131. The molecule has 2 aromatic carbocycles. The molecule has 156 valence electrons. The molecule has 6 nitrogen and oxygen atoms in total. The van der Waals surface area contributed by atoms with Gasteiger partial charge in [-0.2, -0.15) is 0 Å². The molecule has 0 unspecified atom stereocenters. The summed E-state index contributed by atoms with van der Waals surface area (Å²) in [6, 6.07) is 14.4. The van der Waals surface area contributed by atoms with Gasteiger partial charge >= 0.3 is 0 Å². The minimum atomic E-state index is 0.103. The van der Waals surface area contributed by atoms with Crippen LogP contribution in [0, 0.1) is 13.8 Å². The van der Waals surface area contributed by atoms with Crippen molar-refractivity contribution in [3.05, 3.63) is 59.4 Å². The summed E-state index contributed by atoms with van der Waals surface area (Å²) in [6.45, 7) is 5.20. The number of methoxy groups -OCH3 is 1. The van der Waals surface area contributed by atoms with E-state index in [0.717, 1.165) is 47.3 Å². The molecule has 1 aromatic heterocycles. The number of ether oxygens (including phenoxy) is 1. The Labute approximate surface area is 177 Å². The SMILES string of the molecule is COc1ccc([C@@H]2CCCN2C(=O)CCNc2nc(C)cc(C)n2)c2ccccc12. The summed E-state index contributed by atoms with van der Waals surface area (Å²) >= 11 is 0. The highest BCUT2D eigenvalue weighted by atomic mass is 16.5. The zero-order chi connectivity index (χ0) is 21.1. The number of anilines is 1. The van der Waals surface area contributed by atoms with Gasteiger partial charge in [-0.05, 0) is 49.8 Å². The maximum absolute atomic E-state index is 13.0. The van der Waals surface area contributed by atoms with E-state index < -0.39 is 0 Å². The lowest BCUT2D eigenvalue weighted by Crippen LogP contribution is -2.32. The largest absolute Gasteiger partial charge is 0.496 e. The van der Waals surface area contributed by atoms with E-state index in [1.165, 1.54) is 5.56 Å². The molecule has 1 amide bonds. The highest BCUT2D eigenvalue weighted by Gasteiger charge is 2.30.